The van der Waals surface area contributed by atoms with E-state index in [2.05, 4.69) is 9.88 Å². The number of aromatic amines is 1. The first kappa shape index (κ1) is 26.8. The molecule has 2 aliphatic heterocycles. The van der Waals surface area contributed by atoms with Crippen molar-refractivity contribution < 1.29 is 27.9 Å². The number of likely N-dealkylation sites (tertiary alicyclic amines) is 2. The number of nitrogens with two attached hydrogens (primary N) is 1. The minimum absolute atomic E-state index is 0.0417. The predicted molar refractivity (Wildman–Crippen MR) is 142 cm³/mol. The number of hydrogen-bond acceptors (Lipinski definition) is 4. The van der Waals surface area contributed by atoms with Crippen molar-refractivity contribution in [2.24, 2.45) is 5.92 Å². The minimum Gasteiger partial charge on any atom is -0.480 e. The summed E-state index contributed by atoms with van der Waals surface area (Å²) >= 11 is 0. The second-order valence-corrected chi connectivity index (χ2v) is 10.4. The molecule has 1 aromatic heterocycles. The van der Waals surface area contributed by atoms with Crippen LogP contribution in [0.2, 0.25) is 0 Å². The smallest absolute Gasteiger partial charge is 0.321 e. The summed E-state index contributed by atoms with van der Waals surface area (Å²) in [4.78, 5) is 31.9. The van der Waals surface area contributed by atoms with Gasteiger partial charge in [-0.15, -0.1) is 0 Å². The Kier molecular flexibility index (Phi) is 7.65. The second-order valence-electron chi connectivity index (χ2n) is 10.4. The van der Waals surface area contributed by atoms with E-state index in [4.69, 9.17) is 5.73 Å². The molecular weight excluding hydrogens is 509 g/mol. The molecule has 0 bridgehead atoms. The largest absolute Gasteiger partial charge is 0.480 e. The molecule has 0 aliphatic carbocycles. The molecule has 3 heterocycles. The average molecular weight is 541 g/mol. The lowest BCUT2D eigenvalue weighted by molar-refractivity contribution is -0.147. The monoisotopic (exact) mass is 540 g/mol. The van der Waals surface area contributed by atoms with E-state index >= 15 is 0 Å². The van der Waals surface area contributed by atoms with E-state index < -0.39 is 29.5 Å². The van der Waals surface area contributed by atoms with Gasteiger partial charge in [-0.1, -0.05) is 0 Å². The number of carboxylic acids is 1. The van der Waals surface area contributed by atoms with Crippen molar-refractivity contribution in [2.45, 2.75) is 37.6 Å². The standard InChI is InChI=1S/C29H31F3N4O3/c30-23-13-17(14-24(31)27(23)32)1-4-26(37)35-9-7-19(8-10-35)28(29(38)39)36-11-5-18(6-12-36)22-16-34-25-3-2-20(33)15-21(22)25/h1-4,13-16,18-19,28,34H,5-12,33H2,(H,38,39)/b4-1+. The highest BCUT2D eigenvalue weighted by Gasteiger charge is 2.38. The molecule has 4 N–H and O–H groups in total. The van der Waals surface area contributed by atoms with Crippen LogP contribution < -0.4 is 5.73 Å². The van der Waals surface area contributed by atoms with Crippen molar-refractivity contribution in [1.82, 2.24) is 14.8 Å². The van der Waals surface area contributed by atoms with Gasteiger partial charge in [0.1, 0.15) is 6.04 Å². The Hall–Kier alpha value is -3.79. The van der Waals surface area contributed by atoms with Crippen molar-refractivity contribution >= 4 is 34.5 Å². The van der Waals surface area contributed by atoms with Gasteiger partial charge in [0.2, 0.25) is 5.91 Å². The molecule has 206 valence electrons. The number of fused-ring (bicyclic) bond motifs is 1. The lowest BCUT2D eigenvalue weighted by Crippen LogP contribution is -2.52. The van der Waals surface area contributed by atoms with Gasteiger partial charge in [-0.2, -0.15) is 0 Å². The third-order valence-corrected chi connectivity index (χ3v) is 8.08. The third kappa shape index (κ3) is 5.66. The van der Waals surface area contributed by atoms with E-state index in [1.54, 1.807) is 4.90 Å². The Balaban J connectivity index is 1.17. The Labute approximate surface area is 224 Å². The highest BCUT2D eigenvalue weighted by molar-refractivity contribution is 5.92. The molecule has 1 atom stereocenters. The van der Waals surface area contributed by atoms with Gasteiger partial charge in [-0.25, -0.2) is 13.2 Å². The number of benzene rings is 2. The molecule has 2 aromatic carbocycles. The molecule has 0 radical (unpaired) electrons. The summed E-state index contributed by atoms with van der Waals surface area (Å²) in [5, 5.41) is 11.2. The summed E-state index contributed by atoms with van der Waals surface area (Å²) in [6.07, 6.45) is 7.24. The topological polar surface area (TPSA) is 103 Å². The van der Waals surface area contributed by atoms with Crippen LogP contribution in [-0.4, -0.2) is 64.0 Å². The minimum atomic E-state index is -1.55. The van der Waals surface area contributed by atoms with Crippen molar-refractivity contribution in [3.8, 4) is 0 Å². The number of nitrogen functional groups attached to an aromatic ring is 1. The number of nitrogens with zero attached hydrogens (tertiary/aromatic N) is 2. The zero-order valence-corrected chi connectivity index (χ0v) is 21.4. The fourth-order valence-corrected chi connectivity index (χ4v) is 6.02. The second kappa shape index (κ2) is 11.1. The van der Waals surface area contributed by atoms with Crippen LogP contribution in [0.4, 0.5) is 18.9 Å². The van der Waals surface area contributed by atoms with E-state index in [9.17, 15) is 27.9 Å². The summed E-state index contributed by atoms with van der Waals surface area (Å²) in [5.74, 6) is -5.17. The molecular formula is C29H31F3N4O3. The maximum atomic E-state index is 13.4. The molecule has 0 spiro atoms. The zero-order chi connectivity index (χ0) is 27.7. The Morgan fingerprint density at radius 3 is 2.31 bits per heavy atom. The van der Waals surface area contributed by atoms with Crippen LogP contribution in [-0.2, 0) is 9.59 Å². The Morgan fingerprint density at radius 2 is 1.67 bits per heavy atom. The van der Waals surface area contributed by atoms with E-state index in [0.29, 0.717) is 50.6 Å². The number of carbonyl (C=O) groups is 2. The highest BCUT2D eigenvalue weighted by Crippen LogP contribution is 2.36. The summed E-state index contributed by atoms with van der Waals surface area (Å²) in [7, 11) is 0. The number of carbonyl (C=O) groups excluding carboxylic acids is 1. The van der Waals surface area contributed by atoms with Crippen LogP contribution in [0.25, 0.3) is 17.0 Å². The fraction of sp³-hybridized carbons (Fsp3) is 0.379. The number of aliphatic carboxylic acids is 1. The van der Waals surface area contributed by atoms with Crippen molar-refractivity contribution in [2.75, 3.05) is 31.9 Å². The quantitative estimate of drug-likeness (QED) is 0.238. The Morgan fingerprint density at radius 1 is 1.00 bits per heavy atom. The number of piperidine rings is 2. The van der Waals surface area contributed by atoms with Gasteiger partial charge in [0, 0.05) is 42.0 Å². The van der Waals surface area contributed by atoms with Crippen molar-refractivity contribution in [1.29, 1.82) is 0 Å². The van der Waals surface area contributed by atoms with Crippen LogP contribution in [0.15, 0.2) is 42.6 Å². The van der Waals surface area contributed by atoms with Crippen LogP contribution in [0, 0.1) is 23.4 Å². The summed E-state index contributed by atoms with van der Waals surface area (Å²) in [5.41, 5.74) is 9.00. The van der Waals surface area contributed by atoms with Gasteiger partial charge in [0.05, 0.1) is 0 Å². The maximum absolute atomic E-state index is 13.4. The molecule has 2 fully saturated rings. The van der Waals surface area contributed by atoms with Crippen LogP contribution in [0.1, 0.15) is 42.7 Å². The molecule has 39 heavy (non-hydrogen) atoms. The number of hydrogen-bond donors (Lipinski definition) is 3. The first-order chi connectivity index (χ1) is 18.7. The molecule has 2 saturated heterocycles. The SMILES string of the molecule is Nc1ccc2[nH]cc(C3CCN(C(C(=O)O)C4CCN(C(=O)/C=C/c5cc(F)c(F)c(F)c5)CC4)CC3)c2c1. The van der Waals surface area contributed by atoms with Crippen molar-refractivity contribution in [3.63, 3.8) is 0 Å². The summed E-state index contributed by atoms with van der Waals surface area (Å²) in [6.45, 7) is 2.11. The number of anilines is 1. The van der Waals surface area contributed by atoms with E-state index in [1.807, 2.05) is 24.4 Å². The number of nitrogens with one attached hydrogen (secondary N) is 1. The number of rotatable bonds is 6. The van der Waals surface area contributed by atoms with Crippen LogP contribution in [0.5, 0.6) is 0 Å². The maximum Gasteiger partial charge on any atom is 0.321 e. The summed E-state index contributed by atoms with van der Waals surface area (Å²) < 4.78 is 40.0. The number of H-pyrrole nitrogens is 1. The number of halogens is 3. The molecule has 2 aliphatic rings. The molecule has 5 rings (SSSR count). The first-order valence-electron chi connectivity index (χ1n) is 13.2. The molecule has 3 aromatic rings. The molecule has 1 amide bonds. The predicted octanol–water partition coefficient (Wildman–Crippen LogP) is 4.75. The first-order valence-corrected chi connectivity index (χ1v) is 13.2. The summed E-state index contributed by atoms with van der Waals surface area (Å²) in [6, 6.07) is 6.84. The molecule has 0 saturated carbocycles. The van der Waals surface area contributed by atoms with E-state index in [-0.39, 0.29) is 17.4 Å². The Bertz CT molecular complexity index is 1380. The van der Waals surface area contributed by atoms with Gasteiger partial charge in [0.15, 0.2) is 17.5 Å². The molecule has 10 heteroatoms. The van der Waals surface area contributed by atoms with Crippen LogP contribution >= 0.6 is 0 Å². The lowest BCUT2D eigenvalue weighted by Gasteiger charge is -2.41. The molecule has 7 nitrogen and oxygen atoms in total. The number of carboxylic acid groups (broad SMARTS) is 1. The number of aromatic nitrogens is 1. The zero-order valence-electron chi connectivity index (χ0n) is 21.4. The van der Waals surface area contributed by atoms with E-state index in [1.165, 1.54) is 17.7 Å². The normalized spacial score (nSPS) is 18.7. The average Bonchev–Trinajstić information content (AvgIpc) is 3.34. The van der Waals surface area contributed by atoms with Gasteiger partial charge >= 0.3 is 5.97 Å². The molecule has 1 unspecified atom stereocenters. The van der Waals surface area contributed by atoms with Crippen LogP contribution in [0.3, 0.4) is 0 Å². The van der Waals surface area contributed by atoms with Crippen molar-refractivity contribution in [3.05, 3.63) is 71.2 Å². The number of amides is 1. The lowest BCUT2D eigenvalue weighted by atomic mass is 9.84. The van der Waals surface area contributed by atoms with Gasteiger partial charge < -0.3 is 20.7 Å². The van der Waals surface area contributed by atoms with Gasteiger partial charge in [0.25, 0.3) is 0 Å². The van der Waals surface area contributed by atoms with Gasteiger partial charge in [-0.05, 0) is 98.1 Å². The highest BCUT2D eigenvalue weighted by atomic mass is 19.2. The van der Waals surface area contributed by atoms with Gasteiger partial charge in [-0.3, -0.25) is 14.5 Å². The van der Waals surface area contributed by atoms with E-state index in [0.717, 1.165) is 35.9 Å². The fourth-order valence-electron chi connectivity index (χ4n) is 6.02. The third-order valence-electron chi connectivity index (χ3n) is 8.08.